The lowest BCUT2D eigenvalue weighted by Crippen LogP contribution is -2.30. The largest absolute Gasteiger partial charge is 0.272 e. The molecule has 0 bridgehead atoms. The summed E-state index contributed by atoms with van der Waals surface area (Å²) in [6.45, 7) is 3.69. The fourth-order valence-corrected chi connectivity index (χ4v) is 1.84. The second-order valence-electron chi connectivity index (χ2n) is 3.59. The van der Waals surface area contributed by atoms with Crippen LogP contribution in [0.15, 0.2) is 18.3 Å². The smallest absolute Gasteiger partial charge is 0.253 e. The summed E-state index contributed by atoms with van der Waals surface area (Å²) in [5, 5.41) is 0. The van der Waals surface area contributed by atoms with E-state index in [0.29, 0.717) is 5.82 Å². The lowest BCUT2D eigenvalue weighted by molar-refractivity contribution is -0.121. The summed E-state index contributed by atoms with van der Waals surface area (Å²) in [6.07, 6.45) is 1.63. The van der Waals surface area contributed by atoms with Gasteiger partial charge in [0.15, 0.2) is 5.82 Å². The lowest BCUT2D eigenvalue weighted by atomic mass is 9.87. The number of carbonyl (C=O) groups excluding carboxylic acids is 1. The molecule has 1 aliphatic heterocycles. The highest BCUT2D eigenvalue weighted by Gasteiger charge is 2.44. The van der Waals surface area contributed by atoms with Gasteiger partial charge in [0.05, 0.1) is 5.41 Å². The number of anilines is 1. The fourth-order valence-electron chi connectivity index (χ4n) is 1.50. The maximum atomic E-state index is 11.6. The molecule has 0 saturated heterocycles. The van der Waals surface area contributed by atoms with Crippen molar-refractivity contribution in [3.8, 4) is 0 Å². The molecule has 0 saturated carbocycles. The molecule has 0 radical (unpaired) electrons. The van der Waals surface area contributed by atoms with Crippen LogP contribution in [0.5, 0.6) is 0 Å². The zero-order valence-electron chi connectivity index (χ0n) is 7.41. The number of pyridine rings is 1. The van der Waals surface area contributed by atoms with E-state index in [9.17, 15) is 4.79 Å². The average Bonchev–Trinajstić information content (AvgIpc) is 2.30. The SMILES string of the molecule is CC1(C)C(=O)N(Cl)c2ncccc21. The number of amides is 1. The van der Waals surface area contributed by atoms with Crippen LogP contribution in [0, 0.1) is 0 Å². The van der Waals surface area contributed by atoms with Gasteiger partial charge in [-0.25, -0.2) is 9.40 Å². The second-order valence-corrected chi connectivity index (χ2v) is 3.92. The van der Waals surface area contributed by atoms with Crippen LogP contribution in [-0.4, -0.2) is 10.9 Å². The van der Waals surface area contributed by atoms with Crippen LogP contribution in [0.2, 0.25) is 0 Å². The fraction of sp³-hybridized carbons (Fsp3) is 0.333. The van der Waals surface area contributed by atoms with Crippen LogP contribution in [0.4, 0.5) is 5.82 Å². The molecular weight excluding hydrogens is 188 g/mol. The van der Waals surface area contributed by atoms with E-state index in [4.69, 9.17) is 11.8 Å². The quantitative estimate of drug-likeness (QED) is 0.594. The molecule has 0 aromatic carbocycles. The molecule has 68 valence electrons. The minimum absolute atomic E-state index is 0.122. The van der Waals surface area contributed by atoms with Crippen molar-refractivity contribution in [2.24, 2.45) is 0 Å². The Labute approximate surface area is 81.4 Å². The van der Waals surface area contributed by atoms with Gasteiger partial charge in [0.2, 0.25) is 0 Å². The van der Waals surface area contributed by atoms with E-state index in [1.54, 1.807) is 6.20 Å². The summed E-state index contributed by atoms with van der Waals surface area (Å²) in [4.78, 5) is 15.7. The predicted molar refractivity (Wildman–Crippen MR) is 50.6 cm³/mol. The molecule has 1 aliphatic rings. The Balaban J connectivity index is 2.68. The van der Waals surface area contributed by atoms with Crippen molar-refractivity contribution in [3.63, 3.8) is 0 Å². The average molecular weight is 197 g/mol. The highest BCUT2D eigenvalue weighted by Crippen LogP contribution is 2.40. The van der Waals surface area contributed by atoms with E-state index in [1.807, 2.05) is 26.0 Å². The third kappa shape index (κ3) is 0.968. The molecule has 3 nitrogen and oxygen atoms in total. The maximum absolute atomic E-state index is 11.6. The Hall–Kier alpha value is -1.09. The number of rotatable bonds is 0. The Morgan fingerprint density at radius 3 is 2.85 bits per heavy atom. The second kappa shape index (κ2) is 2.45. The first-order chi connectivity index (χ1) is 6.05. The molecule has 0 N–H and O–H groups in total. The lowest BCUT2D eigenvalue weighted by Gasteiger charge is -2.14. The van der Waals surface area contributed by atoms with Crippen LogP contribution >= 0.6 is 11.8 Å². The monoisotopic (exact) mass is 196 g/mol. The zero-order chi connectivity index (χ0) is 9.64. The molecule has 4 heteroatoms. The summed E-state index contributed by atoms with van der Waals surface area (Å²) in [7, 11) is 0. The van der Waals surface area contributed by atoms with E-state index < -0.39 is 5.41 Å². The van der Waals surface area contributed by atoms with Crippen molar-refractivity contribution in [1.29, 1.82) is 0 Å². The van der Waals surface area contributed by atoms with Gasteiger partial charge in [-0.15, -0.1) is 0 Å². The van der Waals surface area contributed by atoms with Crippen molar-refractivity contribution in [1.82, 2.24) is 4.98 Å². The van der Waals surface area contributed by atoms with Crippen LogP contribution in [0.1, 0.15) is 19.4 Å². The first kappa shape index (κ1) is 8.51. The highest BCUT2D eigenvalue weighted by molar-refractivity contribution is 6.39. The molecule has 0 spiro atoms. The van der Waals surface area contributed by atoms with E-state index in [2.05, 4.69) is 4.98 Å². The first-order valence-corrected chi connectivity index (χ1v) is 4.35. The molecule has 1 aromatic rings. The van der Waals surface area contributed by atoms with Crippen LogP contribution in [0.3, 0.4) is 0 Å². The Morgan fingerprint density at radius 1 is 1.54 bits per heavy atom. The van der Waals surface area contributed by atoms with Gasteiger partial charge in [-0.2, -0.15) is 0 Å². The van der Waals surface area contributed by atoms with Gasteiger partial charge in [0.1, 0.15) is 0 Å². The Bertz CT molecular complexity index is 376. The topological polar surface area (TPSA) is 33.2 Å². The maximum Gasteiger partial charge on any atom is 0.253 e. The molecule has 1 aromatic heterocycles. The van der Waals surface area contributed by atoms with Crippen molar-refractivity contribution in [2.75, 3.05) is 4.42 Å². The van der Waals surface area contributed by atoms with Crippen LogP contribution in [0.25, 0.3) is 0 Å². The normalized spacial score (nSPS) is 19.0. The molecule has 0 fully saturated rings. The summed E-state index contributed by atoms with van der Waals surface area (Å²) in [5.41, 5.74) is 0.334. The number of hydrogen-bond acceptors (Lipinski definition) is 2. The van der Waals surface area contributed by atoms with Gasteiger partial charge in [-0.05, 0) is 19.9 Å². The number of carbonyl (C=O) groups is 1. The summed E-state index contributed by atoms with van der Waals surface area (Å²) in [6, 6.07) is 3.69. The molecule has 2 rings (SSSR count). The number of fused-ring (bicyclic) bond motifs is 1. The first-order valence-electron chi connectivity index (χ1n) is 4.01. The van der Waals surface area contributed by atoms with E-state index >= 15 is 0 Å². The Morgan fingerprint density at radius 2 is 2.23 bits per heavy atom. The minimum Gasteiger partial charge on any atom is -0.272 e. The van der Waals surface area contributed by atoms with Crippen molar-refractivity contribution in [3.05, 3.63) is 23.9 Å². The third-order valence-electron chi connectivity index (χ3n) is 2.36. The van der Waals surface area contributed by atoms with E-state index in [0.717, 1.165) is 9.98 Å². The molecule has 0 unspecified atom stereocenters. The Kier molecular flexibility index (Phi) is 1.60. The number of aromatic nitrogens is 1. The van der Waals surface area contributed by atoms with Crippen LogP contribution < -0.4 is 4.42 Å². The number of nitrogens with zero attached hydrogens (tertiary/aromatic N) is 2. The minimum atomic E-state index is -0.550. The number of halogens is 1. The van der Waals surface area contributed by atoms with Crippen LogP contribution in [-0.2, 0) is 10.2 Å². The van der Waals surface area contributed by atoms with Crippen molar-refractivity contribution in [2.45, 2.75) is 19.3 Å². The zero-order valence-corrected chi connectivity index (χ0v) is 8.17. The van der Waals surface area contributed by atoms with Crippen molar-refractivity contribution >= 4 is 23.5 Å². The van der Waals surface area contributed by atoms with Gasteiger partial charge < -0.3 is 0 Å². The van der Waals surface area contributed by atoms with Crippen molar-refractivity contribution < 1.29 is 4.79 Å². The molecule has 1 amide bonds. The van der Waals surface area contributed by atoms with Gasteiger partial charge >= 0.3 is 0 Å². The molecule has 0 aliphatic carbocycles. The van der Waals surface area contributed by atoms with Gasteiger partial charge in [-0.1, -0.05) is 6.07 Å². The molecule has 13 heavy (non-hydrogen) atoms. The molecule has 2 heterocycles. The van der Waals surface area contributed by atoms with Gasteiger partial charge in [-0.3, -0.25) is 4.79 Å². The number of hydrogen-bond donors (Lipinski definition) is 0. The molecular formula is C9H9ClN2O. The molecule has 0 atom stereocenters. The summed E-state index contributed by atoms with van der Waals surface area (Å²) in [5.74, 6) is 0.432. The van der Waals surface area contributed by atoms with E-state index in [-0.39, 0.29) is 5.91 Å². The summed E-state index contributed by atoms with van der Waals surface area (Å²) < 4.78 is 1.09. The third-order valence-corrected chi connectivity index (χ3v) is 2.67. The van der Waals surface area contributed by atoms with Gasteiger partial charge in [0, 0.05) is 23.5 Å². The standard InChI is InChI=1S/C9H9ClN2O/c1-9(2)6-4-3-5-11-7(6)12(10)8(9)13/h3-5H,1-2H3. The van der Waals surface area contributed by atoms with E-state index in [1.165, 1.54) is 0 Å². The predicted octanol–water partition coefficient (Wildman–Crippen LogP) is 1.86. The van der Waals surface area contributed by atoms with Gasteiger partial charge in [0.25, 0.3) is 5.91 Å². The summed E-state index contributed by atoms with van der Waals surface area (Å²) >= 11 is 5.80. The highest BCUT2D eigenvalue weighted by atomic mass is 35.5.